The van der Waals surface area contributed by atoms with Crippen LogP contribution in [0.5, 0.6) is 11.5 Å². The molecular weight excluding hydrogens is 338 g/mol. The highest BCUT2D eigenvalue weighted by Crippen LogP contribution is 2.31. The number of benzene rings is 2. The first-order valence-corrected chi connectivity index (χ1v) is 6.82. The lowest BCUT2D eigenvalue weighted by atomic mass is 10.1. The molecule has 5 heteroatoms. The number of halogens is 4. The summed E-state index contributed by atoms with van der Waals surface area (Å²) in [7, 11) is 0. The maximum Gasteiger partial charge on any atom is 0.201 e. The van der Waals surface area contributed by atoms with E-state index in [4.69, 9.17) is 16.3 Å². The lowest BCUT2D eigenvalue weighted by Crippen LogP contribution is -1.94. The first kappa shape index (κ1) is 14.3. The second-order valence-electron chi connectivity index (χ2n) is 4.04. The SMILES string of the molecule is Cc1cc(CCl)ccc1Oc1cc(Br)cc(F)c1F. The molecule has 1 nitrogen and oxygen atoms in total. The van der Waals surface area contributed by atoms with Crippen molar-refractivity contribution in [1.29, 1.82) is 0 Å². The molecule has 0 aliphatic rings. The van der Waals surface area contributed by atoms with Gasteiger partial charge in [0.05, 0.1) is 0 Å². The molecule has 0 aliphatic heterocycles. The van der Waals surface area contributed by atoms with E-state index < -0.39 is 11.6 Å². The molecule has 0 atom stereocenters. The van der Waals surface area contributed by atoms with Gasteiger partial charge in [0, 0.05) is 10.4 Å². The van der Waals surface area contributed by atoms with Crippen molar-refractivity contribution in [3.8, 4) is 11.5 Å². The number of rotatable bonds is 3. The maximum absolute atomic E-state index is 13.6. The van der Waals surface area contributed by atoms with Crippen molar-refractivity contribution in [2.45, 2.75) is 12.8 Å². The van der Waals surface area contributed by atoms with E-state index in [0.29, 0.717) is 16.1 Å². The summed E-state index contributed by atoms with van der Waals surface area (Å²) in [6.45, 7) is 1.82. The lowest BCUT2D eigenvalue weighted by Gasteiger charge is -2.11. The lowest BCUT2D eigenvalue weighted by molar-refractivity contribution is 0.413. The minimum absolute atomic E-state index is 0.159. The molecule has 0 amide bonds. The summed E-state index contributed by atoms with van der Waals surface area (Å²) in [4.78, 5) is 0. The molecule has 0 saturated heterocycles. The van der Waals surface area contributed by atoms with Gasteiger partial charge in [0.15, 0.2) is 11.6 Å². The first-order chi connectivity index (χ1) is 9.01. The number of hydrogen-bond donors (Lipinski definition) is 0. The summed E-state index contributed by atoms with van der Waals surface area (Å²) >= 11 is 8.82. The van der Waals surface area contributed by atoms with E-state index in [1.165, 1.54) is 6.07 Å². The van der Waals surface area contributed by atoms with E-state index in [0.717, 1.165) is 17.2 Å². The van der Waals surface area contributed by atoms with Gasteiger partial charge in [-0.3, -0.25) is 0 Å². The van der Waals surface area contributed by atoms with Gasteiger partial charge in [0.1, 0.15) is 5.75 Å². The van der Waals surface area contributed by atoms with E-state index in [1.54, 1.807) is 12.1 Å². The van der Waals surface area contributed by atoms with E-state index in [1.807, 2.05) is 13.0 Å². The predicted molar refractivity (Wildman–Crippen MR) is 74.9 cm³/mol. The Balaban J connectivity index is 2.36. The highest BCUT2D eigenvalue weighted by Gasteiger charge is 2.13. The van der Waals surface area contributed by atoms with E-state index in [2.05, 4.69) is 15.9 Å². The van der Waals surface area contributed by atoms with Gasteiger partial charge in [0.2, 0.25) is 5.82 Å². The third kappa shape index (κ3) is 3.25. The van der Waals surface area contributed by atoms with Crippen molar-refractivity contribution in [2.75, 3.05) is 0 Å². The fraction of sp³-hybridized carbons (Fsp3) is 0.143. The summed E-state index contributed by atoms with van der Waals surface area (Å²) in [5.41, 5.74) is 1.74. The van der Waals surface area contributed by atoms with Gasteiger partial charge in [-0.15, -0.1) is 11.6 Å². The fourth-order valence-electron chi connectivity index (χ4n) is 1.63. The summed E-state index contributed by atoms with van der Waals surface area (Å²) in [5, 5.41) is 0. The van der Waals surface area contributed by atoms with Gasteiger partial charge in [-0.1, -0.05) is 28.1 Å². The van der Waals surface area contributed by atoms with E-state index in [9.17, 15) is 8.78 Å². The van der Waals surface area contributed by atoms with Gasteiger partial charge < -0.3 is 4.74 Å². The quantitative estimate of drug-likeness (QED) is 0.521. The Morgan fingerprint density at radius 3 is 2.53 bits per heavy atom. The molecule has 0 bridgehead atoms. The fourth-order valence-corrected chi connectivity index (χ4v) is 2.21. The molecule has 0 fully saturated rings. The highest BCUT2D eigenvalue weighted by molar-refractivity contribution is 9.10. The van der Waals surface area contributed by atoms with Crippen molar-refractivity contribution in [2.24, 2.45) is 0 Å². The maximum atomic E-state index is 13.6. The molecule has 100 valence electrons. The molecule has 0 N–H and O–H groups in total. The zero-order chi connectivity index (χ0) is 14.0. The molecule has 0 heterocycles. The first-order valence-electron chi connectivity index (χ1n) is 5.49. The Hall–Kier alpha value is -1.13. The molecular formula is C14H10BrClF2O. The van der Waals surface area contributed by atoms with Crippen LogP contribution in [0.1, 0.15) is 11.1 Å². The topological polar surface area (TPSA) is 9.23 Å². The van der Waals surface area contributed by atoms with Crippen LogP contribution in [0.15, 0.2) is 34.8 Å². The van der Waals surface area contributed by atoms with Crippen molar-refractivity contribution in [3.05, 3.63) is 57.6 Å². The molecule has 0 unspecified atom stereocenters. The predicted octanol–water partition coefficient (Wildman–Crippen LogP) is 5.57. The molecule has 0 spiro atoms. The van der Waals surface area contributed by atoms with Crippen LogP contribution in [-0.2, 0) is 5.88 Å². The molecule has 2 aromatic carbocycles. The monoisotopic (exact) mass is 346 g/mol. The Morgan fingerprint density at radius 1 is 1.16 bits per heavy atom. The van der Waals surface area contributed by atoms with Gasteiger partial charge in [-0.25, -0.2) is 4.39 Å². The van der Waals surface area contributed by atoms with Crippen LogP contribution in [0.3, 0.4) is 0 Å². The van der Waals surface area contributed by atoms with Gasteiger partial charge in [-0.2, -0.15) is 4.39 Å². The molecule has 0 aromatic heterocycles. The van der Waals surface area contributed by atoms with Crippen LogP contribution in [0.25, 0.3) is 0 Å². The second-order valence-corrected chi connectivity index (χ2v) is 5.22. The number of aryl methyl sites for hydroxylation is 1. The summed E-state index contributed by atoms with van der Waals surface area (Å²) < 4.78 is 32.7. The van der Waals surface area contributed by atoms with Crippen molar-refractivity contribution in [3.63, 3.8) is 0 Å². The Kier molecular flexibility index (Phi) is 4.42. The molecule has 0 saturated carbocycles. The summed E-state index contributed by atoms with van der Waals surface area (Å²) in [5.74, 6) is -1.27. The summed E-state index contributed by atoms with van der Waals surface area (Å²) in [6, 6.07) is 7.74. The summed E-state index contributed by atoms with van der Waals surface area (Å²) in [6.07, 6.45) is 0. The molecule has 19 heavy (non-hydrogen) atoms. The van der Waals surface area contributed by atoms with Crippen LogP contribution < -0.4 is 4.74 Å². The standard InChI is InChI=1S/C14H10BrClF2O/c1-8-4-9(7-16)2-3-12(8)19-13-6-10(15)5-11(17)14(13)18/h2-6H,7H2,1H3. The average Bonchev–Trinajstić information content (AvgIpc) is 2.37. The minimum Gasteiger partial charge on any atom is -0.454 e. The molecule has 0 radical (unpaired) electrons. The molecule has 2 aromatic rings. The van der Waals surface area contributed by atoms with Crippen molar-refractivity contribution in [1.82, 2.24) is 0 Å². The zero-order valence-electron chi connectivity index (χ0n) is 10.0. The van der Waals surface area contributed by atoms with Crippen LogP contribution in [0, 0.1) is 18.6 Å². The van der Waals surface area contributed by atoms with Gasteiger partial charge in [-0.05, 0) is 36.2 Å². The highest BCUT2D eigenvalue weighted by atomic mass is 79.9. The van der Waals surface area contributed by atoms with Crippen LogP contribution in [0.2, 0.25) is 0 Å². The third-order valence-corrected chi connectivity index (χ3v) is 3.34. The van der Waals surface area contributed by atoms with E-state index in [-0.39, 0.29) is 5.75 Å². The minimum atomic E-state index is -1.01. The van der Waals surface area contributed by atoms with Gasteiger partial charge >= 0.3 is 0 Å². The normalized spacial score (nSPS) is 10.6. The number of hydrogen-bond acceptors (Lipinski definition) is 1. The number of ether oxygens (including phenoxy) is 1. The Bertz CT molecular complexity index is 617. The molecule has 0 aliphatic carbocycles. The van der Waals surface area contributed by atoms with Gasteiger partial charge in [0.25, 0.3) is 0 Å². The van der Waals surface area contributed by atoms with E-state index >= 15 is 0 Å². The Morgan fingerprint density at radius 2 is 1.89 bits per heavy atom. The zero-order valence-corrected chi connectivity index (χ0v) is 12.4. The molecule has 2 rings (SSSR count). The van der Waals surface area contributed by atoms with Crippen molar-refractivity contribution >= 4 is 27.5 Å². The number of alkyl halides is 1. The van der Waals surface area contributed by atoms with Crippen LogP contribution >= 0.6 is 27.5 Å². The van der Waals surface area contributed by atoms with Crippen LogP contribution in [-0.4, -0.2) is 0 Å². The third-order valence-electron chi connectivity index (χ3n) is 2.57. The Labute approximate surface area is 123 Å². The largest absolute Gasteiger partial charge is 0.454 e. The second kappa shape index (κ2) is 5.88. The average molecular weight is 348 g/mol. The smallest absolute Gasteiger partial charge is 0.201 e. The van der Waals surface area contributed by atoms with Crippen LogP contribution in [0.4, 0.5) is 8.78 Å². The van der Waals surface area contributed by atoms with Crippen molar-refractivity contribution < 1.29 is 13.5 Å².